The van der Waals surface area contributed by atoms with Crippen molar-refractivity contribution < 1.29 is 8.91 Å². The van der Waals surface area contributed by atoms with Crippen molar-refractivity contribution >= 4 is 45.8 Å². The fourth-order valence-electron chi connectivity index (χ4n) is 2.42. The summed E-state index contributed by atoms with van der Waals surface area (Å²) in [4.78, 5) is 8.33. The minimum absolute atomic E-state index is 0.00989. The third kappa shape index (κ3) is 3.01. The zero-order valence-corrected chi connectivity index (χ0v) is 14.0. The molecular weight excluding hydrogens is 366 g/mol. The largest absolute Gasteiger partial charge is 0.339 e. The van der Waals surface area contributed by atoms with Crippen LogP contribution in [0.2, 0.25) is 10.0 Å². The van der Waals surface area contributed by atoms with Gasteiger partial charge in [-0.3, -0.25) is 0 Å². The molecular formula is C17H9Cl2FN4O. The van der Waals surface area contributed by atoms with Crippen LogP contribution in [0, 0.1) is 5.82 Å². The molecule has 4 rings (SSSR count). The lowest BCUT2D eigenvalue weighted by Crippen LogP contribution is -1.96. The minimum atomic E-state index is -0.496. The third-order valence-corrected chi connectivity index (χ3v) is 4.08. The summed E-state index contributed by atoms with van der Waals surface area (Å²) in [6.07, 6.45) is 1.35. The van der Waals surface area contributed by atoms with Crippen LogP contribution in [0.5, 0.6) is 0 Å². The van der Waals surface area contributed by atoms with Gasteiger partial charge < -0.3 is 9.84 Å². The first-order valence-corrected chi connectivity index (χ1v) is 7.96. The number of nitrogens with zero attached hydrogens (tertiary/aromatic N) is 3. The van der Waals surface area contributed by atoms with Gasteiger partial charge in [-0.15, -0.1) is 0 Å². The second kappa shape index (κ2) is 6.31. The smallest absolute Gasteiger partial charge is 0.263 e. The summed E-state index contributed by atoms with van der Waals surface area (Å²) in [5.74, 6) is -0.0338. The monoisotopic (exact) mass is 374 g/mol. The zero-order valence-electron chi connectivity index (χ0n) is 12.5. The van der Waals surface area contributed by atoms with Gasteiger partial charge in [0.1, 0.15) is 29.0 Å². The van der Waals surface area contributed by atoms with Gasteiger partial charge >= 0.3 is 0 Å². The summed E-state index contributed by atoms with van der Waals surface area (Å²) in [6, 6.07) is 11.5. The molecule has 0 atom stereocenters. The molecule has 0 saturated carbocycles. The summed E-state index contributed by atoms with van der Waals surface area (Å²) in [5.41, 5.74) is 2.21. The average Bonchev–Trinajstić information content (AvgIpc) is 3.03. The van der Waals surface area contributed by atoms with E-state index in [0.717, 1.165) is 5.56 Å². The van der Waals surface area contributed by atoms with E-state index in [1.807, 2.05) is 12.1 Å². The van der Waals surface area contributed by atoms with E-state index in [1.165, 1.54) is 18.5 Å². The van der Waals surface area contributed by atoms with Crippen molar-refractivity contribution in [1.29, 1.82) is 0 Å². The summed E-state index contributed by atoms with van der Waals surface area (Å²) in [7, 11) is 0. The van der Waals surface area contributed by atoms with E-state index in [4.69, 9.17) is 27.7 Å². The Morgan fingerprint density at radius 3 is 2.72 bits per heavy atom. The lowest BCUT2D eigenvalue weighted by atomic mass is 10.1. The summed E-state index contributed by atoms with van der Waals surface area (Å²) in [5, 5.41) is 8.34. The van der Waals surface area contributed by atoms with Crippen LogP contribution in [0.3, 0.4) is 0 Å². The molecule has 5 nitrogen and oxygen atoms in total. The van der Waals surface area contributed by atoms with Crippen LogP contribution >= 0.6 is 23.2 Å². The van der Waals surface area contributed by atoms with Gasteiger partial charge in [-0.25, -0.2) is 9.37 Å². The summed E-state index contributed by atoms with van der Waals surface area (Å²) in [6.45, 7) is 0. The second-order valence-corrected chi connectivity index (χ2v) is 6.04. The van der Waals surface area contributed by atoms with Crippen molar-refractivity contribution in [1.82, 2.24) is 15.1 Å². The maximum Gasteiger partial charge on any atom is 0.263 e. The molecule has 0 aliphatic rings. The standard InChI is InChI=1S/C17H9Cl2FN4O/c18-10-3-1-2-9(6-10)15-14-16(21-8-22-17(14)25-24-15)23-11-4-5-13(20)12(19)7-11/h1-8H,(H,21,22,23). The van der Waals surface area contributed by atoms with Crippen LogP contribution in [0.1, 0.15) is 0 Å². The van der Waals surface area contributed by atoms with Crippen LogP contribution in [0.25, 0.3) is 22.4 Å². The Morgan fingerprint density at radius 2 is 1.92 bits per heavy atom. The van der Waals surface area contributed by atoms with Gasteiger partial charge in [-0.1, -0.05) is 40.5 Å². The van der Waals surface area contributed by atoms with Crippen molar-refractivity contribution in [3.8, 4) is 11.3 Å². The highest BCUT2D eigenvalue weighted by atomic mass is 35.5. The van der Waals surface area contributed by atoms with Crippen molar-refractivity contribution in [2.24, 2.45) is 0 Å². The Kier molecular flexibility index (Phi) is 3.99. The summed E-state index contributed by atoms with van der Waals surface area (Å²) < 4.78 is 18.6. The van der Waals surface area contributed by atoms with Crippen LogP contribution < -0.4 is 5.32 Å². The first-order chi connectivity index (χ1) is 12.1. The number of fused-ring (bicyclic) bond motifs is 1. The van der Waals surface area contributed by atoms with E-state index >= 15 is 0 Å². The van der Waals surface area contributed by atoms with Crippen molar-refractivity contribution in [3.63, 3.8) is 0 Å². The molecule has 0 spiro atoms. The van der Waals surface area contributed by atoms with Gasteiger partial charge in [-0.05, 0) is 30.3 Å². The molecule has 0 unspecified atom stereocenters. The fraction of sp³-hybridized carbons (Fsp3) is 0. The minimum Gasteiger partial charge on any atom is -0.339 e. The normalized spacial score (nSPS) is 11.0. The van der Waals surface area contributed by atoms with Gasteiger partial charge in [0.25, 0.3) is 5.71 Å². The van der Waals surface area contributed by atoms with E-state index in [9.17, 15) is 4.39 Å². The molecule has 0 amide bonds. The molecule has 8 heteroatoms. The van der Waals surface area contributed by atoms with Crippen LogP contribution in [0.15, 0.2) is 53.3 Å². The number of hydrogen-bond donors (Lipinski definition) is 1. The van der Waals surface area contributed by atoms with E-state index < -0.39 is 5.82 Å². The molecule has 4 aromatic rings. The average molecular weight is 375 g/mol. The number of halogens is 3. The zero-order chi connectivity index (χ0) is 17.4. The van der Waals surface area contributed by atoms with E-state index in [2.05, 4.69) is 20.4 Å². The maximum absolute atomic E-state index is 13.3. The van der Waals surface area contributed by atoms with E-state index in [0.29, 0.717) is 33.3 Å². The van der Waals surface area contributed by atoms with Crippen molar-refractivity contribution in [2.45, 2.75) is 0 Å². The number of nitrogens with one attached hydrogen (secondary N) is 1. The van der Waals surface area contributed by atoms with Crippen LogP contribution in [0.4, 0.5) is 15.9 Å². The van der Waals surface area contributed by atoms with Crippen molar-refractivity contribution in [2.75, 3.05) is 5.32 Å². The lowest BCUT2D eigenvalue weighted by molar-refractivity contribution is 0.451. The van der Waals surface area contributed by atoms with Gasteiger partial charge in [0.15, 0.2) is 0 Å². The quantitative estimate of drug-likeness (QED) is 0.514. The Bertz CT molecular complexity index is 1080. The predicted molar refractivity (Wildman–Crippen MR) is 94.7 cm³/mol. The van der Waals surface area contributed by atoms with E-state index in [1.54, 1.807) is 18.2 Å². The molecule has 124 valence electrons. The molecule has 25 heavy (non-hydrogen) atoms. The Hall–Kier alpha value is -2.70. The van der Waals surface area contributed by atoms with Crippen LogP contribution in [-0.2, 0) is 0 Å². The number of rotatable bonds is 3. The molecule has 0 aliphatic heterocycles. The number of hydrogen-bond acceptors (Lipinski definition) is 5. The predicted octanol–water partition coefficient (Wildman–Crippen LogP) is 5.47. The molecule has 2 aromatic heterocycles. The number of anilines is 2. The first-order valence-electron chi connectivity index (χ1n) is 7.20. The topological polar surface area (TPSA) is 63.8 Å². The van der Waals surface area contributed by atoms with Gasteiger partial charge in [-0.2, -0.15) is 4.98 Å². The van der Waals surface area contributed by atoms with Gasteiger partial charge in [0, 0.05) is 16.3 Å². The van der Waals surface area contributed by atoms with Crippen molar-refractivity contribution in [3.05, 3.63) is 64.7 Å². The maximum atomic E-state index is 13.3. The summed E-state index contributed by atoms with van der Waals surface area (Å²) >= 11 is 11.9. The molecule has 0 bridgehead atoms. The third-order valence-electron chi connectivity index (χ3n) is 3.55. The highest BCUT2D eigenvalue weighted by Crippen LogP contribution is 2.34. The number of benzene rings is 2. The second-order valence-electron chi connectivity index (χ2n) is 5.20. The SMILES string of the molecule is Fc1ccc(Nc2ncnc3onc(-c4cccc(Cl)c4)c23)cc1Cl. The molecule has 2 aromatic carbocycles. The highest BCUT2D eigenvalue weighted by molar-refractivity contribution is 6.31. The molecule has 0 fully saturated rings. The lowest BCUT2D eigenvalue weighted by Gasteiger charge is -2.07. The molecule has 2 heterocycles. The first kappa shape index (κ1) is 15.8. The van der Waals surface area contributed by atoms with E-state index in [-0.39, 0.29) is 5.02 Å². The number of aromatic nitrogens is 3. The Morgan fingerprint density at radius 1 is 1.04 bits per heavy atom. The van der Waals surface area contributed by atoms with Crippen LogP contribution in [-0.4, -0.2) is 15.1 Å². The fourth-order valence-corrected chi connectivity index (χ4v) is 2.80. The molecule has 0 saturated heterocycles. The molecule has 0 radical (unpaired) electrons. The molecule has 0 aliphatic carbocycles. The highest BCUT2D eigenvalue weighted by Gasteiger charge is 2.17. The Balaban J connectivity index is 1.84. The Labute approximate surface area is 151 Å². The van der Waals surface area contributed by atoms with Gasteiger partial charge in [0.05, 0.1) is 5.02 Å². The van der Waals surface area contributed by atoms with Gasteiger partial charge in [0.2, 0.25) is 0 Å². The molecule has 1 N–H and O–H groups in total.